The quantitative estimate of drug-likeness (QED) is 0.585. The number of nitrogens with one attached hydrogen (secondary N) is 1. The summed E-state index contributed by atoms with van der Waals surface area (Å²) in [6.07, 6.45) is -0.234. The Morgan fingerprint density at radius 2 is 2.33 bits per heavy atom. The maximum atomic E-state index is 11.2. The smallest absolute Gasteiger partial charge is 0.237 e. The number of likely N-dealkylation sites (N-methyl/N-ethyl adjacent to an activating group) is 1. The molecule has 1 atom stereocenters. The first-order chi connectivity index (χ1) is 5.65. The van der Waals surface area contributed by atoms with Crippen LogP contribution < -0.4 is 5.32 Å². The predicted octanol–water partition coefficient (Wildman–Crippen LogP) is -0.812. The van der Waals surface area contributed by atoms with Crippen LogP contribution in [-0.4, -0.2) is 47.7 Å². The Bertz CT molecular complexity index is 166. The molecule has 0 bridgehead atoms. The van der Waals surface area contributed by atoms with Crippen molar-refractivity contribution in [3.8, 4) is 0 Å². The number of amides is 1. The summed E-state index contributed by atoms with van der Waals surface area (Å²) in [5, 5.41) is 11.8. The molecular formula is C8H16N2O2. The van der Waals surface area contributed by atoms with Crippen molar-refractivity contribution < 1.29 is 9.90 Å². The van der Waals surface area contributed by atoms with Gasteiger partial charge in [0.1, 0.15) is 0 Å². The Labute approximate surface area is 72.6 Å². The Balaban J connectivity index is 2.27. The summed E-state index contributed by atoms with van der Waals surface area (Å²) in [6, 6.07) is -0.103. The zero-order valence-corrected chi connectivity index (χ0v) is 7.58. The molecule has 1 fully saturated rings. The van der Waals surface area contributed by atoms with Crippen LogP contribution in [-0.2, 0) is 4.79 Å². The first kappa shape index (κ1) is 9.48. The standard InChI is InChI=1S/C8H16N2O2/c1-3-9-8(12)6(2)10-4-7(11)5-10/h6-7,11H,3-5H2,1-2H3,(H,9,12). The Kier molecular flexibility index (Phi) is 3.05. The van der Waals surface area contributed by atoms with Crippen molar-refractivity contribution in [2.45, 2.75) is 26.0 Å². The van der Waals surface area contributed by atoms with E-state index in [9.17, 15) is 4.79 Å². The first-order valence-electron chi connectivity index (χ1n) is 4.35. The number of rotatable bonds is 3. The van der Waals surface area contributed by atoms with E-state index in [1.54, 1.807) is 0 Å². The third-order valence-corrected chi connectivity index (χ3v) is 2.17. The number of aliphatic hydroxyl groups excluding tert-OH is 1. The minimum absolute atomic E-state index is 0.0457. The summed E-state index contributed by atoms with van der Waals surface area (Å²) in [4.78, 5) is 13.2. The van der Waals surface area contributed by atoms with Crippen molar-refractivity contribution in [2.24, 2.45) is 0 Å². The Morgan fingerprint density at radius 3 is 2.75 bits per heavy atom. The fraction of sp³-hybridized carbons (Fsp3) is 0.875. The van der Waals surface area contributed by atoms with Crippen LogP contribution in [0.4, 0.5) is 0 Å². The van der Waals surface area contributed by atoms with Crippen molar-refractivity contribution in [2.75, 3.05) is 19.6 Å². The summed E-state index contributed by atoms with van der Waals surface area (Å²) in [6.45, 7) is 5.67. The number of hydrogen-bond acceptors (Lipinski definition) is 3. The van der Waals surface area contributed by atoms with E-state index >= 15 is 0 Å². The van der Waals surface area contributed by atoms with E-state index in [-0.39, 0.29) is 18.1 Å². The Hall–Kier alpha value is -0.610. The van der Waals surface area contributed by atoms with E-state index in [2.05, 4.69) is 5.32 Å². The zero-order valence-electron chi connectivity index (χ0n) is 7.58. The van der Waals surface area contributed by atoms with Gasteiger partial charge in [-0.2, -0.15) is 0 Å². The lowest BCUT2D eigenvalue weighted by molar-refractivity contribution is -0.130. The molecule has 0 radical (unpaired) electrons. The summed E-state index contributed by atoms with van der Waals surface area (Å²) >= 11 is 0. The predicted molar refractivity (Wildman–Crippen MR) is 45.7 cm³/mol. The number of likely N-dealkylation sites (tertiary alicyclic amines) is 1. The zero-order chi connectivity index (χ0) is 9.14. The molecule has 1 amide bonds. The number of carbonyl (C=O) groups is 1. The van der Waals surface area contributed by atoms with Gasteiger partial charge in [-0.1, -0.05) is 0 Å². The summed E-state index contributed by atoms with van der Waals surface area (Å²) in [5.74, 6) is 0.0457. The average molecular weight is 172 g/mol. The van der Waals surface area contributed by atoms with Gasteiger partial charge in [0.25, 0.3) is 0 Å². The minimum atomic E-state index is -0.234. The number of aliphatic hydroxyl groups is 1. The highest BCUT2D eigenvalue weighted by atomic mass is 16.3. The average Bonchev–Trinajstić information content (AvgIpc) is 1.98. The van der Waals surface area contributed by atoms with Crippen LogP contribution in [0.1, 0.15) is 13.8 Å². The normalized spacial score (nSPS) is 21.6. The molecule has 0 aromatic carbocycles. The van der Waals surface area contributed by atoms with Crippen LogP contribution in [0.5, 0.6) is 0 Å². The molecule has 0 saturated carbocycles. The third-order valence-electron chi connectivity index (χ3n) is 2.17. The molecule has 12 heavy (non-hydrogen) atoms. The second-order valence-corrected chi connectivity index (χ2v) is 3.18. The topological polar surface area (TPSA) is 52.6 Å². The maximum absolute atomic E-state index is 11.2. The van der Waals surface area contributed by atoms with E-state index < -0.39 is 0 Å². The van der Waals surface area contributed by atoms with Crippen molar-refractivity contribution in [1.29, 1.82) is 0 Å². The highest BCUT2D eigenvalue weighted by Crippen LogP contribution is 2.11. The van der Waals surface area contributed by atoms with Crippen LogP contribution >= 0.6 is 0 Å². The van der Waals surface area contributed by atoms with Gasteiger partial charge in [0.15, 0.2) is 0 Å². The molecule has 2 N–H and O–H groups in total. The van der Waals surface area contributed by atoms with Crippen molar-refractivity contribution in [1.82, 2.24) is 10.2 Å². The summed E-state index contributed by atoms with van der Waals surface area (Å²) in [5.41, 5.74) is 0. The van der Waals surface area contributed by atoms with Gasteiger partial charge in [-0.05, 0) is 13.8 Å². The van der Waals surface area contributed by atoms with E-state index in [0.717, 1.165) is 0 Å². The highest BCUT2D eigenvalue weighted by molar-refractivity contribution is 5.81. The van der Waals surface area contributed by atoms with Crippen LogP contribution in [0.25, 0.3) is 0 Å². The molecule has 70 valence electrons. The molecular weight excluding hydrogens is 156 g/mol. The van der Waals surface area contributed by atoms with Gasteiger partial charge >= 0.3 is 0 Å². The molecule has 1 aliphatic rings. The van der Waals surface area contributed by atoms with E-state index in [1.165, 1.54) is 0 Å². The second-order valence-electron chi connectivity index (χ2n) is 3.18. The largest absolute Gasteiger partial charge is 0.390 e. The molecule has 0 aromatic heterocycles. The van der Waals surface area contributed by atoms with Crippen LogP contribution in [0.2, 0.25) is 0 Å². The molecule has 0 aliphatic carbocycles. The Morgan fingerprint density at radius 1 is 1.75 bits per heavy atom. The molecule has 0 spiro atoms. The van der Waals surface area contributed by atoms with Gasteiger partial charge < -0.3 is 10.4 Å². The number of hydrogen-bond donors (Lipinski definition) is 2. The lowest BCUT2D eigenvalue weighted by Gasteiger charge is -2.39. The molecule has 4 heteroatoms. The first-order valence-corrected chi connectivity index (χ1v) is 4.35. The monoisotopic (exact) mass is 172 g/mol. The fourth-order valence-electron chi connectivity index (χ4n) is 1.29. The van der Waals surface area contributed by atoms with E-state index in [1.807, 2.05) is 18.7 Å². The molecule has 1 unspecified atom stereocenters. The highest BCUT2D eigenvalue weighted by Gasteiger charge is 2.31. The van der Waals surface area contributed by atoms with Crippen LogP contribution in [0.3, 0.4) is 0 Å². The van der Waals surface area contributed by atoms with Crippen LogP contribution in [0, 0.1) is 0 Å². The second kappa shape index (κ2) is 3.87. The SMILES string of the molecule is CCNC(=O)C(C)N1CC(O)C1. The van der Waals surface area contributed by atoms with Gasteiger partial charge in [0.05, 0.1) is 12.1 Å². The van der Waals surface area contributed by atoms with Crippen molar-refractivity contribution >= 4 is 5.91 Å². The molecule has 1 heterocycles. The number of β-amino-alcohol motifs (C(OH)–C–C–N with tert-alkyl or cyclic N) is 1. The van der Waals surface area contributed by atoms with Gasteiger partial charge in [0.2, 0.25) is 5.91 Å². The third kappa shape index (κ3) is 1.95. The van der Waals surface area contributed by atoms with Gasteiger partial charge in [-0.25, -0.2) is 0 Å². The van der Waals surface area contributed by atoms with E-state index in [4.69, 9.17) is 5.11 Å². The summed E-state index contributed by atoms with van der Waals surface area (Å²) in [7, 11) is 0. The van der Waals surface area contributed by atoms with Gasteiger partial charge in [-0.3, -0.25) is 9.69 Å². The number of nitrogens with zero attached hydrogens (tertiary/aromatic N) is 1. The molecule has 1 saturated heterocycles. The molecule has 4 nitrogen and oxygen atoms in total. The molecule has 1 rings (SSSR count). The van der Waals surface area contributed by atoms with Crippen molar-refractivity contribution in [3.05, 3.63) is 0 Å². The van der Waals surface area contributed by atoms with Gasteiger partial charge in [0, 0.05) is 19.6 Å². The lowest BCUT2D eigenvalue weighted by atomic mass is 10.1. The van der Waals surface area contributed by atoms with E-state index in [0.29, 0.717) is 19.6 Å². The van der Waals surface area contributed by atoms with Gasteiger partial charge in [-0.15, -0.1) is 0 Å². The van der Waals surface area contributed by atoms with Crippen LogP contribution in [0.15, 0.2) is 0 Å². The number of carbonyl (C=O) groups excluding carboxylic acids is 1. The summed E-state index contributed by atoms with van der Waals surface area (Å²) < 4.78 is 0. The maximum Gasteiger partial charge on any atom is 0.237 e. The fourth-order valence-corrected chi connectivity index (χ4v) is 1.29. The van der Waals surface area contributed by atoms with Crippen molar-refractivity contribution in [3.63, 3.8) is 0 Å². The lowest BCUT2D eigenvalue weighted by Crippen LogP contribution is -2.58. The molecule has 1 aliphatic heterocycles. The minimum Gasteiger partial charge on any atom is -0.390 e. The molecule has 0 aromatic rings.